The number of methoxy groups -OCH3 is 3. The monoisotopic (exact) mass is 474 g/mol. The van der Waals surface area contributed by atoms with Gasteiger partial charge in [0.1, 0.15) is 0 Å². The summed E-state index contributed by atoms with van der Waals surface area (Å²) in [6.45, 7) is 1.91. The van der Waals surface area contributed by atoms with Crippen LogP contribution in [0.5, 0.6) is 17.2 Å². The maximum absolute atomic E-state index is 12.5. The molecule has 33 heavy (non-hydrogen) atoms. The first-order valence-corrected chi connectivity index (χ1v) is 10.3. The molecule has 0 saturated carbocycles. The Morgan fingerprint density at radius 3 is 1.97 bits per heavy atom. The van der Waals surface area contributed by atoms with Crippen LogP contribution in [0.4, 0.5) is 5.69 Å². The first-order valence-electron chi connectivity index (χ1n) is 9.94. The van der Waals surface area contributed by atoms with Crippen molar-refractivity contribution in [3.05, 3.63) is 47.5 Å². The second kappa shape index (κ2) is 12.2. The quantitative estimate of drug-likeness (QED) is 0.339. The van der Waals surface area contributed by atoms with Gasteiger partial charge in [-0.15, -0.1) is 0 Å². The molecule has 3 amide bonds. The highest BCUT2D eigenvalue weighted by molar-refractivity contribution is 7.80. The van der Waals surface area contributed by atoms with Crippen LogP contribution in [0.25, 0.3) is 0 Å². The minimum atomic E-state index is -0.548. The van der Waals surface area contributed by atoms with Gasteiger partial charge in [0.15, 0.2) is 16.6 Å². The van der Waals surface area contributed by atoms with Crippen molar-refractivity contribution in [2.75, 3.05) is 26.6 Å². The Kier molecular flexibility index (Phi) is 9.43. The van der Waals surface area contributed by atoms with Gasteiger partial charge in [0.2, 0.25) is 11.7 Å². The summed E-state index contributed by atoms with van der Waals surface area (Å²) in [5, 5.41) is 5.07. The van der Waals surface area contributed by atoms with Crippen molar-refractivity contribution >= 4 is 40.7 Å². The normalized spacial score (nSPS) is 9.94. The summed E-state index contributed by atoms with van der Waals surface area (Å²) in [6, 6.07) is 9.28. The van der Waals surface area contributed by atoms with Gasteiger partial charge >= 0.3 is 0 Å². The third kappa shape index (κ3) is 7.07. The molecule has 10 nitrogen and oxygen atoms in total. The molecule has 4 N–H and O–H groups in total. The molecule has 0 saturated heterocycles. The smallest absolute Gasteiger partial charge is 0.269 e. The predicted octanol–water partition coefficient (Wildman–Crippen LogP) is 2.40. The second-order valence-corrected chi connectivity index (χ2v) is 7.06. The number of ether oxygens (including phenoxy) is 3. The summed E-state index contributed by atoms with van der Waals surface area (Å²) in [5.74, 6) is -0.156. The zero-order valence-electron chi connectivity index (χ0n) is 18.7. The molecule has 11 heteroatoms. The molecule has 0 aromatic heterocycles. The zero-order chi connectivity index (χ0) is 24.4. The lowest BCUT2D eigenvalue weighted by atomic mass is 10.1. The van der Waals surface area contributed by atoms with Gasteiger partial charge in [-0.3, -0.25) is 30.6 Å². The van der Waals surface area contributed by atoms with Crippen molar-refractivity contribution in [1.29, 1.82) is 0 Å². The Balaban J connectivity index is 1.94. The fourth-order valence-corrected chi connectivity index (χ4v) is 2.90. The van der Waals surface area contributed by atoms with E-state index >= 15 is 0 Å². The molecule has 0 spiro atoms. The van der Waals surface area contributed by atoms with E-state index in [1.54, 1.807) is 24.3 Å². The molecule has 2 rings (SSSR count). The summed E-state index contributed by atoms with van der Waals surface area (Å²) in [5.41, 5.74) is 5.99. The van der Waals surface area contributed by atoms with Gasteiger partial charge in [-0.1, -0.05) is 6.92 Å². The summed E-state index contributed by atoms with van der Waals surface area (Å²) in [6.07, 6.45) is 1.17. The number of anilines is 1. The van der Waals surface area contributed by atoms with Crippen LogP contribution >= 0.6 is 12.2 Å². The average molecular weight is 475 g/mol. The first kappa shape index (κ1) is 25.4. The van der Waals surface area contributed by atoms with Crippen LogP contribution in [-0.2, 0) is 4.79 Å². The topological polar surface area (TPSA) is 127 Å². The molecule has 0 aliphatic rings. The van der Waals surface area contributed by atoms with Crippen LogP contribution in [-0.4, -0.2) is 44.2 Å². The average Bonchev–Trinajstić information content (AvgIpc) is 2.81. The molecule has 0 unspecified atom stereocenters. The molecule has 0 aliphatic heterocycles. The zero-order valence-corrected chi connectivity index (χ0v) is 19.6. The van der Waals surface area contributed by atoms with Gasteiger partial charge in [-0.05, 0) is 55.0 Å². The van der Waals surface area contributed by atoms with Gasteiger partial charge in [-0.2, -0.15) is 0 Å². The van der Waals surface area contributed by atoms with E-state index in [1.165, 1.54) is 33.5 Å². The Morgan fingerprint density at radius 2 is 1.45 bits per heavy atom. The van der Waals surface area contributed by atoms with Crippen molar-refractivity contribution in [2.45, 2.75) is 19.8 Å². The minimum Gasteiger partial charge on any atom is -0.493 e. The van der Waals surface area contributed by atoms with Gasteiger partial charge in [0, 0.05) is 23.2 Å². The van der Waals surface area contributed by atoms with Gasteiger partial charge < -0.3 is 19.5 Å². The highest BCUT2D eigenvalue weighted by Gasteiger charge is 2.18. The van der Waals surface area contributed by atoms with E-state index in [0.717, 1.165) is 6.42 Å². The fourth-order valence-electron chi connectivity index (χ4n) is 2.76. The number of rotatable bonds is 8. The fraction of sp³-hybridized carbons (Fsp3) is 0.273. The minimum absolute atomic E-state index is 0.0930. The number of amides is 3. The van der Waals surface area contributed by atoms with Crippen molar-refractivity contribution in [3.63, 3.8) is 0 Å². The third-order valence-electron chi connectivity index (χ3n) is 4.35. The number of thiocarbonyl (C=S) groups is 1. The molecule has 176 valence electrons. The Morgan fingerprint density at radius 1 is 0.848 bits per heavy atom. The van der Waals surface area contributed by atoms with Gasteiger partial charge in [0.05, 0.1) is 21.3 Å². The van der Waals surface area contributed by atoms with Crippen LogP contribution in [0, 0.1) is 0 Å². The van der Waals surface area contributed by atoms with E-state index < -0.39 is 11.8 Å². The Bertz CT molecular complexity index is 1000. The van der Waals surface area contributed by atoms with E-state index in [9.17, 15) is 14.4 Å². The highest BCUT2D eigenvalue weighted by Crippen LogP contribution is 2.38. The molecule has 2 aromatic carbocycles. The number of carbonyl (C=O) groups excluding carboxylic acids is 3. The standard InChI is InChI=1S/C22H26N4O6S/c1-5-6-18(27)23-15-9-7-13(8-10-15)21(29)25-26-22(33)24-20(28)14-11-16(30-2)19(32-4)17(12-14)31-3/h7-12H,5-6H2,1-4H3,(H,23,27)(H,25,29)(H2,24,26,28,33). The van der Waals surface area contributed by atoms with Crippen LogP contribution < -0.4 is 35.7 Å². The first-order chi connectivity index (χ1) is 15.8. The van der Waals surface area contributed by atoms with E-state index in [4.69, 9.17) is 26.4 Å². The van der Waals surface area contributed by atoms with E-state index in [0.29, 0.717) is 34.9 Å². The lowest BCUT2D eigenvalue weighted by Crippen LogP contribution is -2.48. The van der Waals surface area contributed by atoms with Crippen molar-refractivity contribution in [3.8, 4) is 17.2 Å². The van der Waals surface area contributed by atoms with Crippen molar-refractivity contribution in [1.82, 2.24) is 16.2 Å². The molecular weight excluding hydrogens is 448 g/mol. The Hall–Kier alpha value is -3.86. The summed E-state index contributed by atoms with van der Waals surface area (Å²) < 4.78 is 15.7. The molecule has 0 atom stereocenters. The van der Waals surface area contributed by atoms with Gasteiger partial charge in [-0.25, -0.2) is 0 Å². The molecule has 0 bridgehead atoms. The number of hydrogen-bond donors (Lipinski definition) is 4. The van der Waals surface area contributed by atoms with Crippen molar-refractivity contribution < 1.29 is 28.6 Å². The summed E-state index contributed by atoms with van der Waals surface area (Å²) in [7, 11) is 4.33. The Labute approximate surface area is 196 Å². The lowest BCUT2D eigenvalue weighted by molar-refractivity contribution is -0.116. The summed E-state index contributed by atoms with van der Waals surface area (Å²) in [4.78, 5) is 36.5. The molecule has 0 fully saturated rings. The van der Waals surface area contributed by atoms with Gasteiger partial charge in [0.25, 0.3) is 11.8 Å². The second-order valence-electron chi connectivity index (χ2n) is 6.65. The molecule has 0 radical (unpaired) electrons. The molecule has 2 aromatic rings. The van der Waals surface area contributed by atoms with E-state index in [2.05, 4.69) is 21.5 Å². The maximum atomic E-state index is 12.5. The molecule has 0 heterocycles. The SMILES string of the molecule is CCCC(=O)Nc1ccc(C(=O)NNC(=S)NC(=O)c2cc(OC)c(OC)c(OC)c2)cc1. The van der Waals surface area contributed by atoms with Crippen molar-refractivity contribution in [2.24, 2.45) is 0 Å². The lowest BCUT2D eigenvalue weighted by Gasteiger charge is -2.15. The number of hydrogen-bond acceptors (Lipinski definition) is 7. The van der Waals surface area contributed by atoms with Crippen LogP contribution in [0.15, 0.2) is 36.4 Å². The van der Waals surface area contributed by atoms with Crippen LogP contribution in [0.1, 0.15) is 40.5 Å². The van der Waals surface area contributed by atoms with Crippen LogP contribution in [0.2, 0.25) is 0 Å². The number of benzene rings is 2. The molecule has 0 aliphatic carbocycles. The number of carbonyl (C=O) groups is 3. The van der Waals surface area contributed by atoms with E-state index in [-0.39, 0.29) is 16.6 Å². The third-order valence-corrected chi connectivity index (χ3v) is 4.56. The number of nitrogens with one attached hydrogen (secondary N) is 4. The molecular formula is C22H26N4O6S. The maximum Gasteiger partial charge on any atom is 0.269 e. The van der Waals surface area contributed by atoms with E-state index in [1.807, 2.05) is 6.92 Å². The highest BCUT2D eigenvalue weighted by atomic mass is 32.1. The largest absolute Gasteiger partial charge is 0.493 e. The summed E-state index contributed by atoms with van der Waals surface area (Å²) >= 11 is 5.07. The predicted molar refractivity (Wildman–Crippen MR) is 127 cm³/mol. The van der Waals surface area contributed by atoms with Crippen LogP contribution in [0.3, 0.4) is 0 Å². The number of hydrazine groups is 1.